The average Bonchev–Trinajstić information content (AvgIpc) is 2.32. The maximum atomic E-state index is 4.47. The zero-order valence-corrected chi connectivity index (χ0v) is 10.8. The Bertz CT molecular complexity index is 291. The molecule has 1 atom stereocenters. The minimum absolute atomic E-state index is 0.501. The van der Waals surface area contributed by atoms with Crippen LogP contribution in [0.4, 0.5) is 11.5 Å². The molecule has 0 fully saturated rings. The first-order valence-electron chi connectivity index (χ1n) is 6.18. The van der Waals surface area contributed by atoms with Gasteiger partial charge in [0.25, 0.3) is 0 Å². The molecule has 0 saturated carbocycles. The van der Waals surface area contributed by atoms with Crippen molar-refractivity contribution in [1.29, 1.82) is 0 Å². The van der Waals surface area contributed by atoms with Crippen molar-refractivity contribution in [3.8, 4) is 0 Å². The minimum atomic E-state index is 0.501. The van der Waals surface area contributed by atoms with Crippen molar-refractivity contribution in [2.24, 2.45) is 0 Å². The fraction of sp³-hybridized carbons (Fsp3) is 0.615. The van der Waals surface area contributed by atoms with E-state index in [0.717, 1.165) is 31.0 Å². The smallest absolute Gasteiger partial charge is 0.128 e. The van der Waals surface area contributed by atoms with E-state index in [1.54, 1.807) is 0 Å². The summed E-state index contributed by atoms with van der Waals surface area (Å²) in [4.78, 5) is 6.71. The van der Waals surface area contributed by atoms with E-state index in [-0.39, 0.29) is 0 Å². The quantitative estimate of drug-likeness (QED) is 0.800. The summed E-state index contributed by atoms with van der Waals surface area (Å²) >= 11 is 0. The summed E-state index contributed by atoms with van der Waals surface area (Å²) in [5.74, 6) is 1.06. The van der Waals surface area contributed by atoms with Crippen LogP contribution >= 0.6 is 0 Å². The van der Waals surface area contributed by atoms with Crippen LogP contribution in [0.5, 0.6) is 0 Å². The van der Waals surface area contributed by atoms with E-state index in [2.05, 4.69) is 55.0 Å². The number of nitrogens with one attached hydrogen (secondary N) is 1. The van der Waals surface area contributed by atoms with Crippen LogP contribution in [0.1, 0.15) is 34.1 Å². The molecule has 0 spiro atoms. The summed E-state index contributed by atoms with van der Waals surface area (Å²) in [6, 6.07) is 4.69. The molecule has 1 heterocycles. The monoisotopic (exact) mass is 221 g/mol. The normalized spacial score (nSPS) is 12.2. The van der Waals surface area contributed by atoms with E-state index >= 15 is 0 Å². The number of hydrogen-bond donors (Lipinski definition) is 1. The van der Waals surface area contributed by atoms with Gasteiger partial charge in [-0.15, -0.1) is 0 Å². The summed E-state index contributed by atoms with van der Waals surface area (Å²) in [5.41, 5.74) is 1.10. The number of pyridine rings is 1. The summed E-state index contributed by atoms with van der Waals surface area (Å²) in [6.45, 7) is 10.7. The van der Waals surface area contributed by atoms with Crippen LogP contribution in [0, 0.1) is 0 Å². The Hall–Kier alpha value is -1.25. The van der Waals surface area contributed by atoms with Crippen molar-refractivity contribution in [3.63, 3.8) is 0 Å². The van der Waals surface area contributed by atoms with Crippen molar-refractivity contribution in [1.82, 2.24) is 4.98 Å². The van der Waals surface area contributed by atoms with Crippen LogP contribution in [-0.2, 0) is 0 Å². The van der Waals surface area contributed by atoms with Crippen LogP contribution in [0.2, 0.25) is 0 Å². The van der Waals surface area contributed by atoms with Gasteiger partial charge in [0.1, 0.15) is 5.82 Å². The third-order valence-corrected chi connectivity index (χ3v) is 2.86. The highest BCUT2D eigenvalue weighted by atomic mass is 15.2. The average molecular weight is 221 g/mol. The van der Waals surface area contributed by atoms with Crippen LogP contribution in [-0.4, -0.2) is 24.1 Å². The number of hydrogen-bond acceptors (Lipinski definition) is 3. The fourth-order valence-electron chi connectivity index (χ4n) is 1.59. The molecule has 90 valence electrons. The SMILES string of the molecule is CCC(C)Nc1ccc(N(CC)CC)nc1. The van der Waals surface area contributed by atoms with Crippen molar-refractivity contribution in [3.05, 3.63) is 18.3 Å². The van der Waals surface area contributed by atoms with E-state index in [9.17, 15) is 0 Å². The van der Waals surface area contributed by atoms with E-state index in [1.165, 1.54) is 0 Å². The highest BCUT2D eigenvalue weighted by molar-refractivity contribution is 5.48. The largest absolute Gasteiger partial charge is 0.381 e. The van der Waals surface area contributed by atoms with E-state index in [0.29, 0.717) is 6.04 Å². The van der Waals surface area contributed by atoms with Gasteiger partial charge in [0.05, 0.1) is 11.9 Å². The van der Waals surface area contributed by atoms with Gasteiger partial charge in [0.15, 0.2) is 0 Å². The summed E-state index contributed by atoms with van der Waals surface area (Å²) < 4.78 is 0. The molecule has 0 aliphatic heterocycles. The molecule has 1 N–H and O–H groups in total. The molecule has 0 bridgehead atoms. The van der Waals surface area contributed by atoms with Gasteiger partial charge in [-0.2, -0.15) is 0 Å². The Morgan fingerprint density at radius 2 is 1.94 bits per heavy atom. The standard InChI is InChI=1S/C13H23N3/c1-5-11(4)15-12-8-9-13(14-10-12)16(6-2)7-3/h8-11,15H,5-7H2,1-4H3. The second-order valence-electron chi connectivity index (χ2n) is 4.03. The Kier molecular flexibility index (Phi) is 5.09. The lowest BCUT2D eigenvalue weighted by molar-refractivity contribution is 0.763. The van der Waals surface area contributed by atoms with E-state index in [1.807, 2.05) is 6.20 Å². The summed E-state index contributed by atoms with van der Waals surface area (Å²) in [6.07, 6.45) is 3.04. The third kappa shape index (κ3) is 3.40. The Morgan fingerprint density at radius 1 is 1.25 bits per heavy atom. The molecule has 0 aliphatic carbocycles. The molecule has 0 amide bonds. The number of anilines is 2. The molecule has 0 aliphatic rings. The maximum Gasteiger partial charge on any atom is 0.128 e. The molecule has 0 radical (unpaired) electrons. The molecule has 0 aromatic carbocycles. The van der Waals surface area contributed by atoms with Gasteiger partial charge in [-0.05, 0) is 39.3 Å². The Balaban J connectivity index is 2.67. The lowest BCUT2D eigenvalue weighted by Gasteiger charge is -2.20. The second-order valence-corrected chi connectivity index (χ2v) is 4.03. The van der Waals surface area contributed by atoms with Crippen LogP contribution in [0.15, 0.2) is 18.3 Å². The molecule has 1 rings (SSSR count). The van der Waals surface area contributed by atoms with Gasteiger partial charge in [-0.25, -0.2) is 4.98 Å². The number of rotatable bonds is 6. The summed E-state index contributed by atoms with van der Waals surface area (Å²) in [5, 5.41) is 3.41. The van der Waals surface area contributed by atoms with Crippen molar-refractivity contribution in [2.45, 2.75) is 40.2 Å². The molecule has 16 heavy (non-hydrogen) atoms. The molecular formula is C13H23N3. The van der Waals surface area contributed by atoms with Crippen molar-refractivity contribution >= 4 is 11.5 Å². The topological polar surface area (TPSA) is 28.2 Å². The van der Waals surface area contributed by atoms with Gasteiger partial charge in [-0.1, -0.05) is 6.92 Å². The molecule has 1 aromatic rings. The van der Waals surface area contributed by atoms with Crippen LogP contribution in [0.3, 0.4) is 0 Å². The molecule has 3 heteroatoms. The van der Waals surface area contributed by atoms with Gasteiger partial charge < -0.3 is 10.2 Å². The molecule has 0 saturated heterocycles. The van der Waals surface area contributed by atoms with Crippen molar-refractivity contribution in [2.75, 3.05) is 23.3 Å². The lowest BCUT2D eigenvalue weighted by atomic mass is 10.2. The third-order valence-electron chi connectivity index (χ3n) is 2.86. The van der Waals surface area contributed by atoms with Gasteiger partial charge in [0, 0.05) is 19.1 Å². The molecule has 1 unspecified atom stereocenters. The Labute approximate surface area is 98.9 Å². The van der Waals surface area contributed by atoms with Crippen LogP contribution < -0.4 is 10.2 Å². The fourth-order valence-corrected chi connectivity index (χ4v) is 1.59. The highest BCUT2D eigenvalue weighted by Crippen LogP contribution is 2.14. The minimum Gasteiger partial charge on any atom is -0.381 e. The van der Waals surface area contributed by atoms with E-state index in [4.69, 9.17) is 0 Å². The van der Waals surface area contributed by atoms with E-state index < -0.39 is 0 Å². The lowest BCUT2D eigenvalue weighted by Crippen LogP contribution is -2.23. The first-order chi connectivity index (χ1) is 7.71. The van der Waals surface area contributed by atoms with Gasteiger partial charge in [-0.3, -0.25) is 0 Å². The summed E-state index contributed by atoms with van der Waals surface area (Å²) in [7, 11) is 0. The predicted octanol–water partition coefficient (Wildman–Crippen LogP) is 3.14. The Morgan fingerprint density at radius 3 is 2.38 bits per heavy atom. The first-order valence-corrected chi connectivity index (χ1v) is 6.18. The van der Waals surface area contributed by atoms with Gasteiger partial charge >= 0.3 is 0 Å². The zero-order valence-electron chi connectivity index (χ0n) is 10.8. The number of nitrogens with zero attached hydrogens (tertiary/aromatic N) is 2. The molecule has 3 nitrogen and oxygen atoms in total. The number of aromatic nitrogens is 1. The van der Waals surface area contributed by atoms with Crippen molar-refractivity contribution < 1.29 is 0 Å². The second kappa shape index (κ2) is 6.36. The first kappa shape index (κ1) is 12.8. The predicted molar refractivity (Wildman–Crippen MR) is 71.2 cm³/mol. The molecule has 1 aromatic heterocycles. The van der Waals surface area contributed by atoms with Gasteiger partial charge in [0.2, 0.25) is 0 Å². The highest BCUT2D eigenvalue weighted by Gasteiger charge is 2.03. The zero-order chi connectivity index (χ0) is 12.0. The van der Waals surface area contributed by atoms with Crippen LogP contribution in [0.25, 0.3) is 0 Å². The maximum absolute atomic E-state index is 4.47. The molecular weight excluding hydrogens is 198 g/mol.